The van der Waals surface area contributed by atoms with E-state index in [1.54, 1.807) is 54.6 Å². The van der Waals surface area contributed by atoms with Crippen molar-refractivity contribution in [2.75, 3.05) is 6.61 Å². The van der Waals surface area contributed by atoms with Crippen LogP contribution in [0.2, 0.25) is 0 Å². The van der Waals surface area contributed by atoms with Gasteiger partial charge < -0.3 is 9.84 Å². The summed E-state index contributed by atoms with van der Waals surface area (Å²) in [4.78, 5) is 23.4. The summed E-state index contributed by atoms with van der Waals surface area (Å²) >= 11 is 0. The number of carbonyl (C=O) groups excluding carboxylic acids is 2. The third-order valence-corrected chi connectivity index (χ3v) is 3.09. The van der Waals surface area contributed by atoms with E-state index in [0.717, 1.165) is 0 Å². The maximum Gasteiger partial charge on any atom is 0.195 e. The van der Waals surface area contributed by atoms with Crippen molar-refractivity contribution in [3.05, 3.63) is 78.4 Å². The fraction of sp³-hybridized carbons (Fsp3) is 0.111. The van der Waals surface area contributed by atoms with E-state index in [9.17, 15) is 14.7 Å². The highest BCUT2D eigenvalue weighted by atomic mass is 16.5. The van der Waals surface area contributed by atoms with Crippen LogP contribution in [0.3, 0.4) is 0 Å². The highest BCUT2D eigenvalue weighted by Crippen LogP contribution is 2.22. The van der Waals surface area contributed by atoms with E-state index in [2.05, 4.69) is 6.58 Å². The fourth-order valence-corrected chi connectivity index (χ4v) is 1.90. The van der Waals surface area contributed by atoms with E-state index in [1.165, 1.54) is 6.08 Å². The van der Waals surface area contributed by atoms with Gasteiger partial charge in [-0.1, -0.05) is 49.0 Å². The summed E-state index contributed by atoms with van der Waals surface area (Å²) in [7, 11) is 0. The SMILES string of the molecule is C=CC(=O)COc1cccc(C(O)C(=O)c2ccccc2)c1. The normalized spacial score (nSPS) is 11.5. The second-order valence-corrected chi connectivity index (χ2v) is 4.66. The molecular weight excluding hydrogens is 280 g/mol. The molecule has 4 heteroatoms. The first-order valence-electron chi connectivity index (χ1n) is 6.77. The average Bonchev–Trinajstić information content (AvgIpc) is 2.59. The number of rotatable bonds is 7. The standard InChI is InChI=1S/C18H16O4/c1-2-15(19)12-22-16-10-6-9-14(11-16)18(21)17(20)13-7-4-3-5-8-13/h2-11,18,21H,1,12H2. The van der Waals surface area contributed by atoms with Crippen molar-refractivity contribution in [1.82, 2.24) is 0 Å². The minimum absolute atomic E-state index is 0.129. The van der Waals surface area contributed by atoms with Gasteiger partial charge in [0.25, 0.3) is 0 Å². The summed E-state index contributed by atoms with van der Waals surface area (Å²) in [5.74, 6) is -0.223. The van der Waals surface area contributed by atoms with Crippen LogP contribution in [0.25, 0.3) is 0 Å². The molecule has 1 N–H and O–H groups in total. The van der Waals surface area contributed by atoms with Gasteiger partial charge in [0, 0.05) is 5.56 Å². The Balaban J connectivity index is 2.13. The van der Waals surface area contributed by atoms with Crippen LogP contribution in [-0.2, 0) is 4.79 Å². The molecule has 2 rings (SSSR count). The van der Waals surface area contributed by atoms with Crippen molar-refractivity contribution in [3.8, 4) is 5.75 Å². The molecule has 0 radical (unpaired) electrons. The maximum atomic E-state index is 12.2. The monoisotopic (exact) mass is 296 g/mol. The number of aliphatic hydroxyl groups is 1. The Kier molecular flexibility index (Phi) is 5.22. The van der Waals surface area contributed by atoms with Crippen molar-refractivity contribution in [1.29, 1.82) is 0 Å². The summed E-state index contributed by atoms with van der Waals surface area (Å²) in [5.41, 5.74) is 0.848. The predicted octanol–water partition coefficient (Wildman–Crippen LogP) is 2.74. The predicted molar refractivity (Wildman–Crippen MR) is 82.9 cm³/mol. The molecule has 0 fully saturated rings. The molecule has 0 aliphatic rings. The third-order valence-electron chi connectivity index (χ3n) is 3.09. The number of ether oxygens (including phenoxy) is 1. The molecule has 0 aliphatic heterocycles. The summed E-state index contributed by atoms with van der Waals surface area (Å²) in [6.07, 6.45) is -0.0986. The third kappa shape index (κ3) is 3.90. The van der Waals surface area contributed by atoms with E-state index >= 15 is 0 Å². The number of Topliss-reactive ketones (excluding diaryl/α,β-unsaturated/α-hetero) is 1. The first kappa shape index (κ1) is 15.7. The summed E-state index contributed by atoms with van der Waals surface area (Å²) in [5, 5.41) is 10.2. The molecule has 0 amide bonds. The molecule has 0 bridgehead atoms. The molecule has 0 aliphatic carbocycles. The lowest BCUT2D eigenvalue weighted by Gasteiger charge is -2.12. The lowest BCUT2D eigenvalue weighted by atomic mass is 10.00. The Morgan fingerprint density at radius 1 is 1.14 bits per heavy atom. The number of aliphatic hydroxyl groups excluding tert-OH is 1. The molecule has 4 nitrogen and oxygen atoms in total. The Labute approximate surface area is 128 Å². The summed E-state index contributed by atoms with van der Waals surface area (Å²) in [6.45, 7) is 3.23. The van der Waals surface area contributed by atoms with Gasteiger partial charge >= 0.3 is 0 Å². The minimum atomic E-state index is -1.28. The van der Waals surface area contributed by atoms with Crippen LogP contribution in [-0.4, -0.2) is 23.3 Å². The molecule has 0 saturated carbocycles. The van der Waals surface area contributed by atoms with Crippen LogP contribution in [0.5, 0.6) is 5.75 Å². The van der Waals surface area contributed by atoms with Gasteiger partial charge in [-0.05, 0) is 23.8 Å². The van der Waals surface area contributed by atoms with Crippen molar-refractivity contribution in [2.24, 2.45) is 0 Å². The molecule has 2 aromatic rings. The summed E-state index contributed by atoms with van der Waals surface area (Å²) in [6, 6.07) is 15.1. The van der Waals surface area contributed by atoms with Gasteiger partial charge in [0.15, 0.2) is 18.2 Å². The molecule has 0 heterocycles. The Bertz CT molecular complexity index is 676. The lowest BCUT2D eigenvalue weighted by molar-refractivity contribution is -0.116. The zero-order chi connectivity index (χ0) is 15.9. The van der Waals surface area contributed by atoms with Gasteiger partial charge in [-0.25, -0.2) is 0 Å². The van der Waals surface area contributed by atoms with Crippen molar-refractivity contribution in [3.63, 3.8) is 0 Å². The van der Waals surface area contributed by atoms with Gasteiger partial charge in [-0.2, -0.15) is 0 Å². The molecule has 22 heavy (non-hydrogen) atoms. The van der Waals surface area contributed by atoms with E-state index < -0.39 is 6.10 Å². The van der Waals surface area contributed by atoms with Crippen LogP contribution in [0, 0.1) is 0 Å². The minimum Gasteiger partial charge on any atom is -0.485 e. The Morgan fingerprint density at radius 3 is 2.55 bits per heavy atom. The molecule has 1 atom stereocenters. The van der Waals surface area contributed by atoms with E-state index in [1.807, 2.05) is 0 Å². The molecule has 0 saturated heterocycles. The highest BCUT2D eigenvalue weighted by Gasteiger charge is 2.19. The molecule has 2 aromatic carbocycles. The smallest absolute Gasteiger partial charge is 0.195 e. The van der Waals surface area contributed by atoms with Gasteiger partial charge in [0.2, 0.25) is 0 Å². The topological polar surface area (TPSA) is 63.6 Å². The zero-order valence-electron chi connectivity index (χ0n) is 11.9. The molecule has 0 spiro atoms. The van der Waals surface area contributed by atoms with Gasteiger partial charge in [-0.15, -0.1) is 0 Å². The average molecular weight is 296 g/mol. The molecule has 0 aromatic heterocycles. The summed E-state index contributed by atoms with van der Waals surface area (Å²) < 4.78 is 5.29. The van der Waals surface area contributed by atoms with Crippen molar-refractivity contribution in [2.45, 2.75) is 6.10 Å². The maximum absolute atomic E-state index is 12.2. The van der Waals surface area contributed by atoms with Crippen LogP contribution in [0.15, 0.2) is 67.3 Å². The van der Waals surface area contributed by atoms with Crippen LogP contribution in [0.4, 0.5) is 0 Å². The molecule has 112 valence electrons. The van der Waals surface area contributed by atoms with Gasteiger partial charge in [0.1, 0.15) is 11.9 Å². The van der Waals surface area contributed by atoms with E-state index in [4.69, 9.17) is 4.74 Å². The van der Waals surface area contributed by atoms with Gasteiger partial charge in [0.05, 0.1) is 0 Å². The Morgan fingerprint density at radius 2 is 1.86 bits per heavy atom. The quantitative estimate of drug-likeness (QED) is 0.630. The van der Waals surface area contributed by atoms with Crippen LogP contribution in [0.1, 0.15) is 22.0 Å². The first-order valence-corrected chi connectivity index (χ1v) is 6.77. The van der Waals surface area contributed by atoms with Gasteiger partial charge in [-0.3, -0.25) is 9.59 Å². The lowest BCUT2D eigenvalue weighted by Crippen LogP contribution is -2.13. The van der Waals surface area contributed by atoms with Crippen LogP contribution < -0.4 is 4.74 Å². The molecule has 1 unspecified atom stereocenters. The second kappa shape index (κ2) is 7.33. The van der Waals surface area contributed by atoms with Crippen molar-refractivity contribution < 1.29 is 19.4 Å². The largest absolute Gasteiger partial charge is 0.485 e. The highest BCUT2D eigenvalue weighted by molar-refractivity contribution is 5.99. The van der Waals surface area contributed by atoms with E-state index in [0.29, 0.717) is 16.9 Å². The van der Waals surface area contributed by atoms with Crippen molar-refractivity contribution >= 4 is 11.6 Å². The molecular formula is C18H16O4. The van der Waals surface area contributed by atoms with Crippen LogP contribution >= 0.6 is 0 Å². The zero-order valence-corrected chi connectivity index (χ0v) is 11.9. The first-order chi connectivity index (χ1) is 10.6. The number of benzene rings is 2. The number of carbonyl (C=O) groups is 2. The fourth-order valence-electron chi connectivity index (χ4n) is 1.90. The van der Waals surface area contributed by atoms with E-state index in [-0.39, 0.29) is 18.2 Å². The number of hydrogen-bond donors (Lipinski definition) is 1. The number of ketones is 2. The second-order valence-electron chi connectivity index (χ2n) is 4.66. The Hall–Kier alpha value is -2.72. The number of hydrogen-bond acceptors (Lipinski definition) is 4.